The molecule has 0 radical (unpaired) electrons. The van der Waals surface area contributed by atoms with Crippen molar-refractivity contribution in [3.05, 3.63) is 18.0 Å². The highest BCUT2D eigenvalue weighted by molar-refractivity contribution is 5.89. The summed E-state index contributed by atoms with van der Waals surface area (Å²) < 4.78 is 6.62. The molecule has 1 aromatic heterocycles. The number of esters is 1. The minimum absolute atomic E-state index is 0.0725. The van der Waals surface area contributed by atoms with Crippen molar-refractivity contribution in [2.24, 2.45) is 7.05 Å². The number of aryl methyl sites for hydroxylation is 1. The number of nitrogens with one attached hydrogen (secondary N) is 1. The van der Waals surface area contributed by atoms with Gasteiger partial charge in [0.15, 0.2) is 0 Å². The Hall–Kier alpha value is -1.98. The minimum Gasteiger partial charge on any atom is -0.460 e. The maximum absolute atomic E-state index is 11.7. The van der Waals surface area contributed by atoms with Crippen molar-refractivity contribution in [2.75, 3.05) is 12.3 Å². The number of hydrogen-bond donors (Lipinski definition) is 2. The highest BCUT2D eigenvalue weighted by atomic mass is 16.5. The SMILES string of the molecule is Cn1cc(N)cc1C(=O)OCCC(=O)NC1CC1. The number of carbonyl (C=O) groups excluding carboxylic acids is 2. The second-order valence-corrected chi connectivity index (χ2v) is 4.50. The maximum atomic E-state index is 11.7. The molecular formula is C12H17N3O3. The largest absolute Gasteiger partial charge is 0.460 e. The van der Waals surface area contributed by atoms with Crippen molar-refractivity contribution in [3.63, 3.8) is 0 Å². The van der Waals surface area contributed by atoms with E-state index in [4.69, 9.17) is 10.5 Å². The Morgan fingerprint density at radius 2 is 2.28 bits per heavy atom. The van der Waals surface area contributed by atoms with Gasteiger partial charge in [-0.2, -0.15) is 0 Å². The number of rotatable bonds is 5. The average molecular weight is 251 g/mol. The van der Waals surface area contributed by atoms with E-state index >= 15 is 0 Å². The first-order valence-electron chi connectivity index (χ1n) is 5.94. The van der Waals surface area contributed by atoms with E-state index in [1.807, 2.05) is 0 Å². The molecular weight excluding hydrogens is 234 g/mol. The first-order valence-corrected chi connectivity index (χ1v) is 5.94. The molecule has 3 N–H and O–H groups in total. The Labute approximate surface area is 105 Å². The van der Waals surface area contributed by atoms with Crippen LogP contribution in [0.5, 0.6) is 0 Å². The Morgan fingerprint density at radius 3 is 2.83 bits per heavy atom. The summed E-state index contributed by atoms with van der Waals surface area (Å²) in [6.07, 6.45) is 3.93. The smallest absolute Gasteiger partial charge is 0.355 e. The fourth-order valence-corrected chi connectivity index (χ4v) is 1.63. The molecule has 6 nitrogen and oxygen atoms in total. The van der Waals surface area contributed by atoms with Crippen LogP contribution in [0.3, 0.4) is 0 Å². The van der Waals surface area contributed by atoms with Crippen molar-refractivity contribution in [3.8, 4) is 0 Å². The predicted molar refractivity (Wildman–Crippen MR) is 65.9 cm³/mol. The molecule has 2 rings (SSSR count). The minimum atomic E-state index is -0.464. The van der Waals surface area contributed by atoms with Gasteiger partial charge in [0, 0.05) is 19.3 Å². The number of anilines is 1. The molecule has 18 heavy (non-hydrogen) atoms. The predicted octanol–water partition coefficient (Wildman–Crippen LogP) is 0.433. The van der Waals surface area contributed by atoms with Gasteiger partial charge in [0.2, 0.25) is 5.91 Å². The zero-order valence-electron chi connectivity index (χ0n) is 10.3. The highest BCUT2D eigenvalue weighted by Gasteiger charge is 2.23. The van der Waals surface area contributed by atoms with Gasteiger partial charge in [-0.1, -0.05) is 0 Å². The van der Waals surface area contributed by atoms with Crippen molar-refractivity contribution in [1.29, 1.82) is 0 Å². The summed E-state index contributed by atoms with van der Waals surface area (Å²) >= 11 is 0. The van der Waals surface area contributed by atoms with E-state index in [-0.39, 0.29) is 18.9 Å². The van der Waals surface area contributed by atoms with E-state index < -0.39 is 5.97 Å². The Balaban J connectivity index is 1.74. The summed E-state index contributed by atoms with van der Waals surface area (Å²) in [6, 6.07) is 1.88. The number of carbonyl (C=O) groups is 2. The van der Waals surface area contributed by atoms with Crippen molar-refractivity contribution in [2.45, 2.75) is 25.3 Å². The first-order chi connectivity index (χ1) is 8.56. The van der Waals surface area contributed by atoms with Crippen LogP contribution in [0.2, 0.25) is 0 Å². The van der Waals surface area contributed by atoms with Gasteiger partial charge >= 0.3 is 5.97 Å². The summed E-state index contributed by atoms with van der Waals surface area (Å²) in [5.74, 6) is -0.537. The lowest BCUT2D eigenvalue weighted by Gasteiger charge is -2.05. The van der Waals surface area contributed by atoms with Gasteiger partial charge in [-0.3, -0.25) is 4.79 Å². The number of nitrogens with zero attached hydrogens (tertiary/aromatic N) is 1. The van der Waals surface area contributed by atoms with Gasteiger partial charge in [-0.15, -0.1) is 0 Å². The lowest BCUT2D eigenvalue weighted by Crippen LogP contribution is -2.26. The van der Waals surface area contributed by atoms with Crippen LogP contribution in [-0.2, 0) is 16.6 Å². The van der Waals surface area contributed by atoms with Gasteiger partial charge in [0.1, 0.15) is 12.3 Å². The second-order valence-electron chi connectivity index (χ2n) is 4.50. The number of amides is 1. The third kappa shape index (κ3) is 3.26. The quantitative estimate of drug-likeness (QED) is 0.743. The molecule has 0 aromatic carbocycles. The van der Waals surface area contributed by atoms with E-state index in [2.05, 4.69) is 5.32 Å². The van der Waals surface area contributed by atoms with Crippen LogP contribution in [0, 0.1) is 0 Å². The molecule has 0 unspecified atom stereocenters. The lowest BCUT2D eigenvalue weighted by atomic mass is 10.4. The van der Waals surface area contributed by atoms with Crippen LogP contribution in [0.15, 0.2) is 12.3 Å². The van der Waals surface area contributed by atoms with Crippen LogP contribution in [0.1, 0.15) is 29.8 Å². The molecule has 6 heteroatoms. The molecule has 0 spiro atoms. The summed E-state index contributed by atoms with van der Waals surface area (Å²) in [6.45, 7) is 0.0858. The Morgan fingerprint density at radius 1 is 1.56 bits per heavy atom. The van der Waals surface area contributed by atoms with Crippen LogP contribution in [-0.4, -0.2) is 29.1 Å². The van der Waals surface area contributed by atoms with E-state index in [0.29, 0.717) is 17.4 Å². The number of nitrogen functional groups attached to an aromatic ring is 1. The Bertz CT molecular complexity index is 463. The molecule has 1 aromatic rings. The third-order valence-electron chi connectivity index (χ3n) is 2.74. The Kier molecular flexibility index (Phi) is 3.55. The molecule has 1 saturated carbocycles. The molecule has 0 atom stereocenters. The van der Waals surface area contributed by atoms with Gasteiger partial charge in [0.25, 0.3) is 0 Å². The average Bonchev–Trinajstić information content (AvgIpc) is 3.02. The lowest BCUT2D eigenvalue weighted by molar-refractivity contribution is -0.121. The number of ether oxygens (including phenoxy) is 1. The second kappa shape index (κ2) is 5.12. The van der Waals surface area contributed by atoms with Gasteiger partial charge in [-0.25, -0.2) is 4.79 Å². The summed E-state index contributed by atoms with van der Waals surface area (Å²) in [7, 11) is 1.72. The highest BCUT2D eigenvalue weighted by Crippen LogP contribution is 2.18. The summed E-state index contributed by atoms with van der Waals surface area (Å²) in [5, 5.41) is 2.83. The molecule has 1 heterocycles. The fraction of sp³-hybridized carbons (Fsp3) is 0.500. The zero-order valence-corrected chi connectivity index (χ0v) is 10.3. The number of nitrogens with two attached hydrogens (primary N) is 1. The standard InChI is InChI=1S/C12H17N3O3/c1-15-7-8(13)6-10(15)12(17)18-5-4-11(16)14-9-2-3-9/h6-7,9H,2-5,13H2,1H3,(H,14,16). The van der Waals surface area contributed by atoms with E-state index in [1.54, 1.807) is 23.9 Å². The molecule has 0 saturated heterocycles. The van der Waals surface area contributed by atoms with E-state index in [9.17, 15) is 9.59 Å². The molecule has 0 aliphatic heterocycles. The van der Waals surface area contributed by atoms with Crippen molar-refractivity contribution in [1.82, 2.24) is 9.88 Å². The first kappa shape index (κ1) is 12.5. The molecule has 1 aliphatic carbocycles. The fourth-order valence-electron chi connectivity index (χ4n) is 1.63. The van der Waals surface area contributed by atoms with Gasteiger partial charge in [0.05, 0.1) is 12.1 Å². The van der Waals surface area contributed by atoms with Gasteiger partial charge < -0.3 is 20.4 Å². The summed E-state index contributed by atoms with van der Waals surface area (Å²) in [5.41, 5.74) is 6.46. The zero-order chi connectivity index (χ0) is 13.1. The number of hydrogen-bond acceptors (Lipinski definition) is 4. The van der Waals surface area contributed by atoms with Crippen LogP contribution < -0.4 is 11.1 Å². The van der Waals surface area contributed by atoms with E-state index in [0.717, 1.165) is 12.8 Å². The molecule has 98 valence electrons. The molecule has 1 fully saturated rings. The maximum Gasteiger partial charge on any atom is 0.355 e. The van der Waals surface area contributed by atoms with Gasteiger partial charge in [-0.05, 0) is 18.9 Å². The van der Waals surface area contributed by atoms with Crippen LogP contribution in [0.25, 0.3) is 0 Å². The van der Waals surface area contributed by atoms with Crippen LogP contribution >= 0.6 is 0 Å². The normalized spacial score (nSPS) is 14.3. The molecule has 1 aliphatic rings. The third-order valence-corrected chi connectivity index (χ3v) is 2.74. The van der Waals surface area contributed by atoms with E-state index in [1.165, 1.54) is 0 Å². The monoisotopic (exact) mass is 251 g/mol. The molecule has 0 bridgehead atoms. The van der Waals surface area contributed by atoms with Crippen LogP contribution in [0.4, 0.5) is 5.69 Å². The number of aromatic nitrogens is 1. The molecule has 1 amide bonds. The van der Waals surface area contributed by atoms with Crippen molar-refractivity contribution >= 4 is 17.6 Å². The topological polar surface area (TPSA) is 86.3 Å². The van der Waals surface area contributed by atoms with Crippen molar-refractivity contribution < 1.29 is 14.3 Å². The summed E-state index contributed by atoms with van der Waals surface area (Å²) in [4.78, 5) is 23.0.